The maximum Gasteiger partial charge on any atom is 0.0462 e. The summed E-state index contributed by atoms with van der Waals surface area (Å²) in [5, 5.41) is 8.74. The van der Waals surface area contributed by atoms with Crippen LogP contribution in [0, 0.1) is 5.92 Å². The van der Waals surface area contributed by atoms with E-state index in [1.165, 1.54) is 0 Å². The van der Waals surface area contributed by atoms with Crippen molar-refractivity contribution in [1.29, 1.82) is 0 Å². The van der Waals surface area contributed by atoms with E-state index >= 15 is 0 Å². The molecular weight excluding hydrogens is 112 g/mol. The number of allylic oxidation sites excluding steroid dienone is 1. The first-order chi connectivity index (χ1) is 4.35. The number of hydrogen-bond acceptors (Lipinski definition) is 1. The smallest absolute Gasteiger partial charge is 0.0462 e. The van der Waals surface area contributed by atoms with Crippen molar-refractivity contribution in [2.45, 2.75) is 26.2 Å². The van der Waals surface area contributed by atoms with E-state index in [0.717, 1.165) is 19.3 Å². The third-order valence-electron chi connectivity index (χ3n) is 1.46. The summed E-state index contributed by atoms with van der Waals surface area (Å²) in [6, 6.07) is 0. The van der Waals surface area contributed by atoms with Gasteiger partial charge in [-0.05, 0) is 18.8 Å². The molecule has 0 aromatic rings. The highest BCUT2D eigenvalue weighted by atomic mass is 16.3. The van der Waals surface area contributed by atoms with Gasteiger partial charge in [-0.15, -0.1) is 6.58 Å². The number of hydrogen-bond donors (Lipinski definition) is 1. The molecule has 0 amide bonds. The predicted octanol–water partition coefficient (Wildman–Crippen LogP) is 1.97. The maximum absolute atomic E-state index is 8.74. The second-order valence-corrected chi connectivity index (χ2v) is 2.36. The molecule has 0 saturated heterocycles. The topological polar surface area (TPSA) is 20.2 Å². The lowest BCUT2D eigenvalue weighted by Crippen LogP contribution is -2.03. The normalized spacial score (nSPS) is 13.1. The van der Waals surface area contributed by atoms with E-state index in [1.807, 2.05) is 6.08 Å². The molecule has 1 nitrogen and oxygen atoms in total. The van der Waals surface area contributed by atoms with Crippen LogP contribution in [0.25, 0.3) is 0 Å². The van der Waals surface area contributed by atoms with Gasteiger partial charge >= 0.3 is 0 Å². The fourth-order valence-electron chi connectivity index (χ4n) is 0.928. The molecule has 1 N–H and O–H groups in total. The molecule has 0 bridgehead atoms. The fourth-order valence-corrected chi connectivity index (χ4v) is 0.928. The van der Waals surface area contributed by atoms with Crippen LogP contribution >= 0.6 is 0 Å². The quantitative estimate of drug-likeness (QED) is 0.561. The zero-order valence-corrected chi connectivity index (χ0v) is 6.14. The van der Waals surface area contributed by atoms with Crippen LogP contribution < -0.4 is 0 Å². The summed E-state index contributed by atoms with van der Waals surface area (Å²) >= 11 is 0. The van der Waals surface area contributed by atoms with E-state index in [0.29, 0.717) is 12.5 Å². The monoisotopic (exact) mass is 128 g/mol. The third kappa shape index (κ3) is 4.22. The highest BCUT2D eigenvalue weighted by Gasteiger charge is 2.01. The lowest BCUT2D eigenvalue weighted by molar-refractivity contribution is 0.219. The van der Waals surface area contributed by atoms with E-state index < -0.39 is 0 Å². The molecule has 0 fully saturated rings. The van der Waals surface area contributed by atoms with Crippen molar-refractivity contribution in [2.24, 2.45) is 5.92 Å². The average molecular weight is 128 g/mol. The second kappa shape index (κ2) is 5.83. The van der Waals surface area contributed by atoms with Gasteiger partial charge in [-0.25, -0.2) is 0 Å². The lowest BCUT2D eigenvalue weighted by Gasteiger charge is -2.08. The first-order valence-electron chi connectivity index (χ1n) is 3.56. The molecule has 0 aliphatic carbocycles. The highest BCUT2D eigenvalue weighted by Crippen LogP contribution is 2.09. The van der Waals surface area contributed by atoms with Gasteiger partial charge in [-0.3, -0.25) is 0 Å². The largest absolute Gasteiger partial charge is 0.396 e. The zero-order valence-electron chi connectivity index (χ0n) is 6.14. The summed E-state index contributed by atoms with van der Waals surface area (Å²) in [5.41, 5.74) is 0. The van der Waals surface area contributed by atoms with Crippen molar-refractivity contribution in [3.8, 4) is 0 Å². The molecule has 54 valence electrons. The minimum atomic E-state index is 0.305. The Labute approximate surface area is 57.4 Å². The minimum absolute atomic E-state index is 0.305. The Morgan fingerprint density at radius 3 is 2.67 bits per heavy atom. The Bertz CT molecular complexity index is 69.0. The molecule has 0 saturated carbocycles. The summed E-state index contributed by atoms with van der Waals surface area (Å²) in [6.07, 6.45) is 5.09. The van der Waals surface area contributed by atoms with E-state index in [-0.39, 0.29) is 0 Å². The van der Waals surface area contributed by atoms with Gasteiger partial charge in [0.1, 0.15) is 0 Å². The van der Waals surface area contributed by atoms with Crippen LogP contribution in [0.3, 0.4) is 0 Å². The summed E-state index contributed by atoms with van der Waals surface area (Å²) in [5.74, 6) is 0.451. The van der Waals surface area contributed by atoms with Gasteiger partial charge < -0.3 is 5.11 Å². The number of aliphatic hydroxyl groups excluding tert-OH is 1. The first-order valence-corrected chi connectivity index (χ1v) is 3.56. The predicted molar refractivity (Wildman–Crippen MR) is 40.3 cm³/mol. The fraction of sp³-hybridized carbons (Fsp3) is 0.750. The molecule has 0 aromatic carbocycles. The summed E-state index contributed by atoms with van der Waals surface area (Å²) < 4.78 is 0. The van der Waals surface area contributed by atoms with Gasteiger partial charge in [-0.2, -0.15) is 0 Å². The third-order valence-corrected chi connectivity index (χ3v) is 1.46. The van der Waals surface area contributed by atoms with Gasteiger partial charge in [0, 0.05) is 6.61 Å². The van der Waals surface area contributed by atoms with E-state index in [2.05, 4.69) is 13.5 Å². The van der Waals surface area contributed by atoms with Crippen LogP contribution in [0.2, 0.25) is 0 Å². The first kappa shape index (κ1) is 8.70. The summed E-state index contributed by atoms with van der Waals surface area (Å²) in [4.78, 5) is 0. The van der Waals surface area contributed by atoms with Crippen molar-refractivity contribution in [3.05, 3.63) is 12.7 Å². The van der Waals surface area contributed by atoms with E-state index in [1.54, 1.807) is 0 Å². The molecule has 0 aromatic heterocycles. The standard InChI is InChI=1S/C8H16O/c1-3-5-8(7-9)6-4-2/h3,8-9H,1,4-7H2,2H3. The Balaban J connectivity index is 3.28. The Hall–Kier alpha value is -0.300. The summed E-state index contributed by atoms with van der Waals surface area (Å²) in [7, 11) is 0. The second-order valence-electron chi connectivity index (χ2n) is 2.36. The molecular formula is C8H16O. The van der Waals surface area contributed by atoms with Gasteiger partial charge in [0.25, 0.3) is 0 Å². The Morgan fingerprint density at radius 2 is 2.33 bits per heavy atom. The van der Waals surface area contributed by atoms with Crippen LogP contribution in [0.4, 0.5) is 0 Å². The minimum Gasteiger partial charge on any atom is -0.396 e. The maximum atomic E-state index is 8.74. The molecule has 0 heterocycles. The van der Waals surface area contributed by atoms with Crippen molar-refractivity contribution >= 4 is 0 Å². The van der Waals surface area contributed by atoms with E-state index in [9.17, 15) is 0 Å². The Morgan fingerprint density at radius 1 is 1.67 bits per heavy atom. The van der Waals surface area contributed by atoms with Crippen LogP contribution in [0.15, 0.2) is 12.7 Å². The molecule has 1 unspecified atom stereocenters. The molecule has 0 spiro atoms. The van der Waals surface area contributed by atoms with Crippen molar-refractivity contribution in [3.63, 3.8) is 0 Å². The molecule has 1 atom stereocenters. The molecule has 1 heteroatoms. The average Bonchev–Trinajstić information content (AvgIpc) is 1.88. The Kier molecular flexibility index (Phi) is 5.64. The molecule has 9 heavy (non-hydrogen) atoms. The van der Waals surface area contributed by atoms with Gasteiger partial charge in [0.2, 0.25) is 0 Å². The summed E-state index contributed by atoms with van der Waals surface area (Å²) in [6.45, 7) is 6.06. The van der Waals surface area contributed by atoms with Crippen LogP contribution in [-0.4, -0.2) is 11.7 Å². The number of rotatable bonds is 5. The van der Waals surface area contributed by atoms with Gasteiger partial charge in [0.05, 0.1) is 0 Å². The van der Waals surface area contributed by atoms with E-state index in [4.69, 9.17) is 5.11 Å². The van der Waals surface area contributed by atoms with Crippen LogP contribution in [0.5, 0.6) is 0 Å². The SMILES string of the molecule is C=CCC(CO)CCC. The van der Waals surface area contributed by atoms with Crippen molar-refractivity contribution < 1.29 is 5.11 Å². The van der Waals surface area contributed by atoms with Gasteiger partial charge in [-0.1, -0.05) is 19.4 Å². The lowest BCUT2D eigenvalue weighted by atomic mass is 10.0. The molecule has 0 rings (SSSR count). The van der Waals surface area contributed by atoms with Crippen molar-refractivity contribution in [1.82, 2.24) is 0 Å². The molecule has 0 radical (unpaired) electrons. The van der Waals surface area contributed by atoms with Crippen LogP contribution in [-0.2, 0) is 0 Å². The number of aliphatic hydroxyl groups is 1. The zero-order chi connectivity index (χ0) is 7.11. The van der Waals surface area contributed by atoms with Gasteiger partial charge in [0.15, 0.2) is 0 Å². The molecule has 0 aliphatic rings. The highest BCUT2D eigenvalue weighted by molar-refractivity contribution is 4.71. The van der Waals surface area contributed by atoms with Crippen molar-refractivity contribution in [2.75, 3.05) is 6.61 Å². The molecule has 0 aliphatic heterocycles. The van der Waals surface area contributed by atoms with Crippen LogP contribution in [0.1, 0.15) is 26.2 Å².